The van der Waals surface area contributed by atoms with Crippen LogP contribution in [-0.2, 0) is 24.4 Å². The zero-order chi connectivity index (χ0) is 21.2. The van der Waals surface area contributed by atoms with Gasteiger partial charge < -0.3 is 19.4 Å². The molecule has 0 saturated heterocycles. The fraction of sp³-hybridized carbons (Fsp3) is 0.318. The number of carbonyl (C=O) groups excluding carboxylic acids is 1. The molecule has 0 spiro atoms. The summed E-state index contributed by atoms with van der Waals surface area (Å²) in [6, 6.07) is 17.6. The monoisotopic (exact) mass is 426 g/mol. The number of carbonyl (C=O) groups is 1. The Kier molecular flexibility index (Phi) is 8.14. The molecule has 1 aromatic heterocycles. The minimum absolute atomic E-state index is 0.0200. The Hall–Kier alpha value is -3.00. The van der Waals surface area contributed by atoms with Gasteiger partial charge in [0.15, 0.2) is 22.5 Å². The van der Waals surface area contributed by atoms with Gasteiger partial charge in [0.2, 0.25) is 5.91 Å². The maximum Gasteiger partial charge on any atom is 0.230 e. The van der Waals surface area contributed by atoms with Crippen molar-refractivity contribution in [1.82, 2.24) is 20.1 Å². The first-order chi connectivity index (χ1) is 14.7. The number of thioether (sulfide) groups is 1. The zero-order valence-corrected chi connectivity index (χ0v) is 18.0. The van der Waals surface area contributed by atoms with Crippen LogP contribution in [-0.4, -0.2) is 40.1 Å². The molecule has 1 N–H and O–H groups in total. The number of hydrogen-bond acceptors (Lipinski definition) is 6. The number of benzene rings is 2. The Labute approximate surface area is 180 Å². The highest BCUT2D eigenvalue weighted by atomic mass is 32.2. The van der Waals surface area contributed by atoms with Gasteiger partial charge in [0, 0.05) is 13.1 Å². The third kappa shape index (κ3) is 6.00. The van der Waals surface area contributed by atoms with Crippen LogP contribution in [0.2, 0.25) is 0 Å². The fourth-order valence-corrected chi connectivity index (χ4v) is 3.75. The molecular formula is C22H26N4O3S. The van der Waals surface area contributed by atoms with Crippen LogP contribution in [0.1, 0.15) is 18.3 Å². The number of para-hydroxylation sites is 2. The normalized spacial score (nSPS) is 10.6. The minimum atomic E-state index is -0.0200. The smallest absolute Gasteiger partial charge is 0.230 e. The second kappa shape index (κ2) is 11.3. The largest absolute Gasteiger partial charge is 0.493 e. The Balaban J connectivity index is 1.49. The van der Waals surface area contributed by atoms with Gasteiger partial charge in [-0.15, -0.1) is 10.2 Å². The predicted octanol–water partition coefficient (Wildman–Crippen LogP) is 3.34. The van der Waals surface area contributed by atoms with Gasteiger partial charge in [0.25, 0.3) is 0 Å². The Morgan fingerprint density at radius 2 is 1.80 bits per heavy atom. The lowest BCUT2D eigenvalue weighted by atomic mass is 10.1. The van der Waals surface area contributed by atoms with Crippen molar-refractivity contribution in [2.24, 2.45) is 0 Å². The van der Waals surface area contributed by atoms with E-state index in [0.717, 1.165) is 6.42 Å². The van der Waals surface area contributed by atoms with Crippen LogP contribution in [0.4, 0.5) is 0 Å². The second-order valence-corrected chi connectivity index (χ2v) is 7.40. The summed E-state index contributed by atoms with van der Waals surface area (Å²) in [5.74, 6) is 2.29. The highest BCUT2D eigenvalue weighted by molar-refractivity contribution is 7.99. The Morgan fingerprint density at radius 3 is 2.53 bits per heavy atom. The first-order valence-electron chi connectivity index (χ1n) is 9.82. The lowest BCUT2D eigenvalue weighted by Gasteiger charge is -2.11. The molecule has 3 aromatic rings. The van der Waals surface area contributed by atoms with E-state index >= 15 is 0 Å². The average molecular weight is 427 g/mol. The molecular weight excluding hydrogens is 400 g/mol. The van der Waals surface area contributed by atoms with Crippen molar-refractivity contribution in [3.05, 3.63) is 66.0 Å². The van der Waals surface area contributed by atoms with E-state index in [2.05, 4.69) is 27.6 Å². The van der Waals surface area contributed by atoms with Crippen LogP contribution in [0.5, 0.6) is 11.5 Å². The van der Waals surface area contributed by atoms with Gasteiger partial charge in [-0.05, 0) is 31.0 Å². The molecule has 2 aromatic carbocycles. The highest BCUT2D eigenvalue weighted by Gasteiger charge is 2.14. The number of nitrogens with one attached hydrogen (secondary N) is 1. The molecule has 30 heavy (non-hydrogen) atoms. The number of ether oxygens (including phenoxy) is 2. The van der Waals surface area contributed by atoms with Crippen molar-refractivity contribution < 1.29 is 14.3 Å². The van der Waals surface area contributed by atoms with E-state index < -0.39 is 0 Å². The van der Waals surface area contributed by atoms with Gasteiger partial charge in [-0.1, -0.05) is 54.2 Å². The first kappa shape index (κ1) is 21.7. The van der Waals surface area contributed by atoms with Gasteiger partial charge in [-0.3, -0.25) is 4.79 Å². The number of hydrogen-bond donors (Lipinski definition) is 1. The van der Waals surface area contributed by atoms with Crippen LogP contribution in [0, 0.1) is 0 Å². The van der Waals surface area contributed by atoms with Gasteiger partial charge in [0.1, 0.15) is 6.61 Å². The van der Waals surface area contributed by atoms with Gasteiger partial charge in [-0.25, -0.2) is 0 Å². The summed E-state index contributed by atoms with van der Waals surface area (Å²) in [6.45, 7) is 3.59. The molecule has 0 aliphatic carbocycles. The predicted molar refractivity (Wildman–Crippen MR) is 117 cm³/mol. The van der Waals surface area contributed by atoms with E-state index in [1.54, 1.807) is 7.11 Å². The van der Waals surface area contributed by atoms with Gasteiger partial charge in [-0.2, -0.15) is 0 Å². The van der Waals surface area contributed by atoms with Crippen molar-refractivity contribution in [3.8, 4) is 11.5 Å². The third-order valence-corrected chi connectivity index (χ3v) is 5.41. The number of aromatic nitrogens is 3. The second-order valence-electron chi connectivity index (χ2n) is 6.46. The molecule has 0 aliphatic rings. The lowest BCUT2D eigenvalue weighted by molar-refractivity contribution is -0.118. The Bertz CT molecular complexity index is 947. The third-order valence-electron chi connectivity index (χ3n) is 4.45. The molecule has 0 aliphatic heterocycles. The van der Waals surface area contributed by atoms with E-state index in [9.17, 15) is 4.79 Å². The number of rotatable bonds is 11. The molecule has 8 heteroatoms. The molecule has 0 radical (unpaired) electrons. The van der Waals surface area contributed by atoms with Gasteiger partial charge in [0.05, 0.1) is 12.9 Å². The molecule has 0 bridgehead atoms. The summed E-state index contributed by atoms with van der Waals surface area (Å²) in [7, 11) is 1.61. The fourth-order valence-electron chi connectivity index (χ4n) is 2.90. The van der Waals surface area contributed by atoms with Crippen molar-refractivity contribution >= 4 is 17.7 Å². The zero-order valence-electron chi connectivity index (χ0n) is 17.2. The van der Waals surface area contributed by atoms with Crippen molar-refractivity contribution in [1.29, 1.82) is 0 Å². The summed E-state index contributed by atoms with van der Waals surface area (Å²) in [5.41, 5.74) is 1.20. The molecule has 158 valence electrons. The van der Waals surface area contributed by atoms with Crippen molar-refractivity contribution in [3.63, 3.8) is 0 Å². The lowest BCUT2D eigenvalue weighted by Crippen LogP contribution is -2.27. The molecule has 0 atom stereocenters. The van der Waals surface area contributed by atoms with E-state index in [0.29, 0.717) is 41.3 Å². The summed E-state index contributed by atoms with van der Waals surface area (Å²) >= 11 is 1.37. The van der Waals surface area contributed by atoms with E-state index in [-0.39, 0.29) is 12.5 Å². The summed E-state index contributed by atoms with van der Waals surface area (Å²) in [6.07, 6.45) is 0.812. The number of nitrogens with zero attached hydrogens (tertiary/aromatic N) is 3. The molecule has 3 rings (SSSR count). The van der Waals surface area contributed by atoms with Crippen LogP contribution >= 0.6 is 11.8 Å². The summed E-state index contributed by atoms with van der Waals surface area (Å²) in [4.78, 5) is 12.2. The number of methoxy groups -OCH3 is 1. The van der Waals surface area contributed by atoms with Crippen LogP contribution in [0.3, 0.4) is 0 Å². The number of amides is 1. The van der Waals surface area contributed by atoms with Crippen LogP contribution in [0.15, 0.2) is 59.8 Å². The highest BCUT2D eigenvalue weighted by Crippen LogP contribution is 2.27. The quantitative estimate of drug-likeness (QED) is 0.474. The van der Waals surface area contributed by atoms with E-state index in [1.807, 2.05) is 54.0 Å². The topological polar surface area (TPSA) is 78.3 Å². The standard InChI is InChI=1S/C22H26N4O3S/c1-3-26-20(15-29-19-12-8-7-11-18(19)28-2)24-25-22(26)30-16-21(27)23-14-13-17-9-5-4-6-10-17/h4-12H,3,13-16H2,1-2H3,(H,23,27). The summed E-state index contributed by atoms with van der Waals surface area (Å²) in [5, 5.41) is 12.1. The maximum absolute atomic E-state index is 12.2. The molecule has 1 amide bonds. The van der Waals surface area contributed by atoms with Crippen molar-refractivity contribution in [2.45, 2.75) is 31.7 Å². The Morgan fingerprint density at radius 1 is 1.07 bits per heavy atom. The first-order valence-corrected chi connectivity index (χ1v) is 10.8. The molecule has 0 unspecified atom stereocenters. The maximum atomic E-state index is 12.2. The van der Waals surface area contributed by atoms with Crippen LogP contribution in [0.25, 0.3) is 0 Å². The molecule has 0 fully saturated rings. The minimum Gasteiger partial charge on any atom is -0.493 e. The average Bonchev–Trinajstić information content (AvgIpc) is 3.19. The van der Waals surface area contributed by atoms with Gasteiger partial charge >= 0.3 is 0 Å². The molecule has 7 nitrogen and oxygen atoms in total. The summed E-state index contributed by atoms with van der Waals surface area (Å²) < 4.78 is 13.1. The van der Waals surface area contributed by atoms with Crippen molar-refractivity contribution in [2.75, 3.05) is 19.4 Å². The van der Waals surface area contributed by atoms with E-state index in [1.165, 1.54) is 17.3 Å². The molecule has 1 heterocycles. The molecule has 0 saturated carbocycles. The van der Waals surface area contributed by atoms with E-state index in [4.69, 9.17) is 9.47 Å². The van der Waals surface area contributed by atoms with Crippen LogP contribution < -0.4 is 14.8 Å². The SMILES string of the molecule is CCn1c(COc2ccccc2OC)nnc1SCC(=O)NCCc1ccccc1.